The molecule has 0 amide bonds. The van der Waals surface area contributed by atoms with Crippen molar-refractivity contribution in [2.24, 2.45) is 0 Å². The summed E-state index contributed by atoms with van der Waals surface area (Å²) in [7, 11) is -3.79. The maximum Gasteiger partial charge on any atom is 0.269 e. The summed E-state index contributed by atoms with van der Waals surface area (Å²) in [6.07, 6.45) is 4.90. The zero-order chi connectivity index (χ0) is 17.4. The van der Waals surface area contributed by atoms with Gasteiger partial charge in [0.1, 0.15) is 0 Å². The third-order valence-electron chi connectivity index (χ3n) is 4.04. The fraction of sp³-hybridized carbons (Fsp3) is 0.0526. The summed E-state index contributed by atoms with van der Waals surface area (Å²) in [5.41, 5.74) is 2.67. The topological polar surface area (TPSA) is 64.8 Å². The monoisotopic (exact) mass is 349 g/mol. The Hall–Kier alpha value is -2.99. The van der Waals surface area contributed by atoms with Crippen LogP contribution in [0.4, 0.5) is 0 Å². The van der Waals surface area contributed by atoms with Crippen LogP contribution >= 0.6 is 0 Å². The van der Waals surface area contributed by atoms with E-state index in [1.807, 2.05) is 25.1 Å². The van der Waals surface area contributed by atoms with Crippen LogP contribution < -0.4 is 0 Å². The van der Waals surface area contributed by atoms with E-state index in [1.165, 1.54) is 3.97 Å². The van der Waals surface area contributed by atoms with E-state index >= 15 is 0 Å². The van der Waals surface area contributed by atoms with Crippen LogP contribution in [-0.4, -0.2) is 22.4 Å². The Balaban J connectivity index is 2.05. The Bertz CT molecular complexity index is 1150. The minimum Gasteiger partial charge on any atom is -0.264 e. The van der Waals surface area contributed by atoms with Gasteiger partial charge in [0.2, 0.25) is 0 Å². The van der Waals surface area contributed by atoms with Crippen LogP contribution in [0.3, 0.4) is 0 Å². The highest BCUT2D eigenvalue weighted by atomic mass is 32.2. The van der Waals surface area contributed by atoms with Crippen molar-refractivity contribution in [2.75, 3.05) is 0 Å². The molecule has 0 N–H and O–H groups in total. The lowest BCUT2D eigenvalue weighted by molar-refractivity contribution is 0.589. The van der Waals surface area contributed by atoms with E-state index in [0.29, 0.717) is 11.3 Å². The van der Waals surface area contributed by atoms with E-state index in [1.54, 1.807) is 55.0 Å². The Labute approximate surface area is 145 Å². The van der Waals surface area contributed by atoms with Crippen LogP contribution in [-0.2, 0) is 10.0 Å². The summed E-state index contributed by atoms with van der Waals surface area (Å²) >= 11 is 0. The first kappa shape index (κ1) is 15.5. The smallest absolute Gasteiger partial charge is 0.264 e. The molecule has 0 saturated heterocycles. The fourth-order valence-corrected chi connectivity index (χ4v) is 4.27. The summed E-state index contributed by atoms with van der Waals surface area (Å²) in [5.74, 6) is 0. The molecule has 0 bridgehead atoms. The number of aryl methyl sites for hydroxylation is 1. The van der Waals surface area contributed by atoms with Crippen LogP contribution in [0.15, 0.2) is 78.1 Å². The minimum absolute atomic E-state index is 0.228. The molecule has 0 spiro atoms. The first-order valence-electron chi connectivity index (χ1n) is 7.76. The van der Waals surface area contributed by atoms with Crippen LogP contribution in [0.1, 0.15) is 5.56 Å². The van der Waals surface area contributed by atoms with Crippen molar-refractivity contribution in [3.8, 4) is 11.3 Å². The largest absolute Gasteiger partial charge is 0.269 e. The van der Waals surface area contributed by atoms with Crippen LogP contribution in [0.2, 0.25) is 0 Å². The van der Waals surface area contributed by atoms with E-state index in [9.17, 15) is 8.42 Å². The van der Waals surface area contributed by atoms with Crippen molar-refractivity contribution in [3.05, 3.63) is 78.8 Å². The van der Waals surface area contributed by atoms with Crippen molar-refractivity contribution < 1.29 is 8.42 Å². The molecule has 4 aromatic rings. The Morgan fingerprint density at radius 3 is 2.44 bits per heavy atom. The van der Waals surface area contributed by atoms with E-state index in [0.717, 1.165) is 16.5 Å². The number of rotatable bonds is 3. The van der Waals surface area contributed by atoms with Gasteiger partial charge in [0.05, 0.1) is 10.6 Å². The Morgan fingerprint density at radius 1 is 0.960 bits per heavy atom. The van der Waals surface area contributed by atoms with E-state index < -0.39 is 10.0 Å². The predicted octanol–water partition coefficient (Wildman–Crippen LogP) is 3.64. The highest BCUT2D eigenvalue weighted by Gasteiger charge is 2.24. The summed E-state index contributed by atoms with van der Waals surface area (Å²) in [6, 6.07) is 15.9. The summed E-state index contributed by atoms with van der Waals surface area (Å²) < 4.78 is 27.9. The maximum absolute atomic E-state index is 13.3. The van der Waals surface area contributed by atoms with Gasteiger partial charge in [0.25, 0.3) is 10.0 Å². The van der Waals surface area contributed by atoms with Gasteiger partial charge in [-0.25, -0.2) is 17.4 Å². The molecule has 0 radical (unpaired) electrons. The maximum atomic E-state index is 13.3. The molecule has 0 aliphatic heterocycles. The summed E-state index contributed by atoms with van der Waals surface area (Å²) in [6.45, 7) is 1.92. The van der Waals surface area contributed by atoms with E-state index in [2.05, 4.69) is 9.97 Å². The molecule has 124 valence electrons. The van der Waals surface area contributed by atoms with Crippen LogP contribution in [0.5, 0.6) is 0 Å². The molecule has 3 aromatic heterocycles. The van der Waals surface area contributed by atoms with Gasteiger partial charge >= 0.3 is 0 Å². The lowest BCUT2D eigenvalue weighted by Gasteiger charge is -2.11. The molecule has 3 heterocycles. The van der Waals surface area contributed by atoms with Crippen molar-refractivity contribution >= 4 is 21.1 Å². The summed E-state index contributed by atoms with van der Waals surface area (Å²) in [4.78, 5) is 8.64. The van der Waals surface area contributed by atoms with Gasteiger partial charge in [0.15, 0.2) is 5.65 Å². The number of hydrogen-bond donors (Lipinski definition) is 0. The van der Waals surface area contributed by atoms with Gasteiger partial charge in [-0.3, -0.25) is 4.98 Å². The van der Waals surface area contributed by atoms with Crippen molar-refractivity contribution in [3.63, 3.8) is 0 Å². The lowest BCUT2D eigenvalue weighted by Crippen LogP contribution is -2.14. The molecule has 1 aromatic carbocycles. The second-order valence-corrected chi connectivity index (χ2v) is 7.56. The van der Waals surface area contributed by atoms with Crippen molar-refractivity contribution in [1.29, 1.82) is 0 Å². The van der Waals surface area contributed by atoms with Crippen LogP contribution in [0.25, 0.3) is 22.3 Å². The fourth-order valence-electron chi connectivity index (χ4n) is 2.79. The van der Waals surface area contributed by atoms with Gasteiger partial charge in [0, 0.05) is 29.5 Å². The number of hydrogen-bond acceptors (Lipinski definition) is 4. The van der Waals surface area contributed by atoms with Gasteiger partial charge in [-0.1, -0.05) is 17.7 Å². The van der Waals surface area contributed by atoms with E-state index in [-0.39, 0.29) is 4.90 Å². The molecular weight excluding hydrogens is 334 g/mol. The standard InChI is InChI=1S/C19H15N3O2S/c1-14-6-8-17(9-7-14)25(23,24)22-18(16-5-2-10-20-13-16)12-15-4-3-11-21-19(15)22/h2-13H,1H3. The van der Waals surface area contributed by atoms with Crippen molar-refractivity contribution in [2.45, 2.75) is 11.8 Å². The molecule has 5 nitrogen and oxygen atoms in total. The second-order valence-electron chi connectivity index (χ2n) is 5.77. The van der Waals surface area contributed by atoms with Gasteiger partial charge < -0.3 is 0 Å². The minimum atomic E-state index is -3.79. The third-order valence-corrected chi connectivity index (χ3v) is 5.75. The van der Waals surface area contributed by atoms with Gasteiger partial charge in [-0.05, 0) is 49.4 Å². The molecule has 0 atom stereocenters. The highest BCUT2D eigenvalue weighted by molar-refractivity contribution is 7.90. The van der Waals surface area contributed by atoms with Crippen molar-refractivity contribution in [1.82, 2.24) is 13.9 Å². The number of nitrogens with zero attached hydrogens (tertiary/aromatic N) is 3. The molecule has 0 aliphatic rings. The number of fused-ring (bicyclic) bond motifs is 1. The number of pyridine rings is 2. The average molecular weight is 349 g/mol. The molecule has 0 aliphatic carbocycles. The zero-order valence-electron chi connectivity index (χ0n) is 13.5. The first-order chi connectivity index (χ1) is 12.1. The molecule has 25 heavy (non-hydrogen) atoms. The lowest BCUT2D eigenvalue weighted by atomic mass is 10.2. The van der Waals surface area contributed by atoms with Gasteiger partial charge in [-0.2, -0.15) is 0 Å². The molecule has 0 unspecified atom stereocenters. The number of benzene rings is 1. The Morgan fingerprint density at radius 2 is 1.72 bits per heavy atom. The summed E-state index contributed by atoms with van der Waals surface area (Å²) in [5, 5.41) is 0.761. The second kappa shape index (κ2) is 5.82. The Kier molecular flexibility index (Phi) is 3.62. The van der Waals surface area contributed by atoms with Crippen LogP contribution in [0, 0.1) is 6.92 Å². The highest BCUT2D eigenvalue weighted by Crippen LogP contribution is 2.30. The average Bonchev–Trinajstić information content (AvgIpc) is 3.03. The molecular formula is C19H15N3O2S. The molecule has 4 rings (SSSR count). The normalized spacial score (nSPS) is 11.7. The quantitative estimate of drug-likeness (QED) is 0.566. The van der Waals surface area contributed by atoms with Gasteiger partial charge in [-0.15, -0.1) is 0 Å². The van der Waals surface area contributed by atoms with E-state index in [4.69, 9.17) is 0 Å². The molecule has 6 heteroatoms. The number of aromatic nitrogens is 3. The molecule has 0 saturated carbocycles. The third kappa shape index (κ3) is 2.60. The predicted molar refractivity (Wildman–Crippen MR) is 96.7 cm³/mol. The first-order valence-corrected chi connectivity index (χ1v) is 9.20. The molecule has 0 fully saturated rings. The SMILES string of the molecule is Cc1ccc(S(=O)(=O)n2c(-c3cccnc3)cc3cccnc32)cc1. The zero-order valence-corrected chi connectivity index (χ0v) is 14.3.